The maximum absolute atomic E-state index is 11.0. The minimum atomic E-state index is -0.459. The van der Waals surface area contributed by atoms with Gasteiger partial charge in [-0.25, -0.2) is 0 Å². The Morgan fingerprint density at radius 3 is 2.52 bits per heavy atom. The number of nitro benzene ring substituents is 1. The highest BCUT2D eigenvalue weighted by Crippen LogP contribution is 2.26. The lowest BCUT2D eigenvalue weighted by molar-refractivity contribution is -0.385. The molecule has 2 aromatic rings. The fraction of sp³-hybridized carbons (Fsp3) is 0.200. The van der Waals surface area contributed by atoms with Crippen LogP contribution in [0.1, 0.15) is 17.2 Å². The maximum atomic E-state index is 11.0. The van der Waals surface area contributed by atoms with E-state index in [0.29, 0.717) is 10.6 Å². The van der Waals surface area contributed by atoms with E-state index in [1.54, 1.807) is 12.1 Å². The van der Waals surface area contributed by atoms with Crippen molar-refractivity contribution in [1.82, 2.24) is 5.32 Å². The minimum absolute atomic E-state index is 0.0280. The van der Waals surface area contributed by atoms with E-state index < -0.39 is 4.92 Å². The zero-order valence-corrected chi connectivity index (χ0v) is 12.0. The second-order valence-electron chi connectivity index (χ2n) is 4.52. The Kier molecular flexibility index (Phi) is 5.27. The summed E-state index contributed by atoms with van der Waals surface area (Å²) in [4.78, 5) is 10.6. The van der Waals surface area contributed by atoms with Gasteiger partial charge in [-0.2, -0.15) is 0 Å². The Labute approximate surface area is 127 Å². The molecule has 0 aliphatic heterocycles. The molecule has 0 aliphatic carbocycles. The fourth-order valence-electron chi connectivity index (χ4n) is 2.09. The number of aliphatic hydroxyl groups excluding tert-OH is 1. The average Bonchev–Trinajstić information content (AvgIpc) is 2.50. The highest BCUT2D eigenvalue weighted by molar-refractivity contribution is 6.31. The highest BCUT2D eigenvalue weighted by atomic mass is 35.5. The van der Waals surface area contributed by atoms with Crippen LogP contribution in [0.15, 0.2) is 48.5 Å². The highest BCUT2D eigenvalue weighted by Gasteiger charge is 2.18. The monoisotopic (exact) mass is 306 g/mol. The molecule has 0 spiro atoms. The number of halogens is 1. The first-order valence-electron chi connectivity index (χ1n) is 6.44. The molecular formula is C15H15ClN2O3. The van der Waals surface area contributed by atoms with Gasteiger partial charge in [0.2, 0.25) is 0 Å². The van der Waals surface area contributed by atoms with Crippen molar-refractivity contribution >= 4 is 17.3 Å². The molecule has 110 valence electrons. The third-order valence-electron chi connectivity index (χ3n) is 3.20. The largest absolute Gasteiger partial charge is 0.394 e. The van der Waals surface area contributed by atoms with Gasteiger partial charge in [-0.05, 0) is 11.6 Å². The summed E-state index contributed by atoms with van der Waals surface area (Å²) >= 11 is 6.04. The lowest BCUT2D eigenvalue weighted by Gasteiger charge is -2.17. The lowest BCUT2D eigenvalue weighted by Crippen LogP contribution is -2.24. The van der Waals surface area contributed by atoms with Gasteiger partial charge in [-0.15, -0.1) is 0 Å². The molecule has 0 aromatic heterocycles. The van der Waals surface area contributed by atoms with Crippen molar-refractivity contribution in [3.05, 3.63) is 74.8 Å². The first-order chi connectivity index (χ1) is 10.1. The summed E-state index contributed by atoms with van der Waals surface area (Å²) in [6.45, 7) is 0.0956. The molecule has 0 saturated carbocycles. The number of nitrogens with zero attached hydrogens (tertiary/aromatic N) is 1. The van der Waals surface area contributed by atoms with Crippen molar-refractivity contribution < 1.29 is 10.0 Å². The number of nitrogens with one attached hydrogen (secondary N) is 1. The summed E-state index contributed by atoms with van der Waals surface area (Å²) in [6.07, 6.45) is 0. The molecule has 0 amide bonds. The Morgan fingerprint density at radius 2 is 1.90 bits per heavy atom. The van der Waals surface area contributed by atoms with Gasteiger partial charge in [0.15, 0.2) is 0 Å². The number of benzene rings is 2. The SMILES string of the molecule is O=[N+]([O-])c1cccc(Cl)c1CNC(CO)c1ccccc1. The van der Waals surface area contributed by atoms with Crippen LogP contribution < -0.4 is 5.32 Å². The smallest absolute Gasteiger partial charge is 0.275 e. The molecule has 6 heteroatoms. The number of hydrogen-bond acceptors (Lipinski definition) is 4. The van der Waals surface area contributed by atoms with Gasteiger partial charge in [-0.1, -0.05) is 48.0 Å². The normalized spacial score (nSPS) is 12.1. The topological polar surface area (TPSA) is 75.4 Å². The van der Waals surface area contributed by atoms with Crippen LogP contribution in [0.3, 0.4) is 0 Å². The van der Waals surface area contributed by atoms with Gasteiger partial charge < -0.3 is 10.4 Å². The Balaban J connectivity index is 2.17. The third kappa shape index (κ3) is 3.78. The van der Waals surface area contributed by atoms with Gasteiger partial charge in [0.1, 0.15) is 0 Å². The van der Waals surface area contributed by atoms with Crippen LogP contribution in [-0.2, 0) is 6.54 Å². The molecule has 2 aromatic carbocycles. The molecule has 21 heavy (non-hydrogen) atoms. The van der Waals surface area contributed by atoms with Crippen LogP contribution >= 0.6 is 11.6 Å². The van der Waals surface area contributed by atoms with Crippen molar-refractivity contribution in [2.45, 2.75) is 12.6 Å². The molecule has 2 rings (SSSR count). The Morgan fingerprint density at radius 1 is 1.19 bits per heavy atom. The summed E-state index contributed by atoms with van der Waals surface area (Å²) in [5.41, 5.74) is 1.30. The number of nitro groups is 1. The molecular weight excluding hydrogens is 292 g/mol. The van der Waals surface area contributed by atoms with E-state index in [9.17, 15) is 15.2 Å². The van der Waals surface area contributed by atoms with Crippen LogP contribution in [-0.4, -0.2) is 16.6 Å². The Hall–Kier alpha value is -1.95. The van der Waals surface area contributed by atoms with E-state index in [2.05, 4.69) is 5.32 Å². The standard InChI is InChI=1S/C15H15ClN2O3/c16-13-7-4-8-15(18(20)21)12(13)9-17-14(10-19)11-5-2-1-3-6-11/h1-8,14,17,19H,9-10H2. The van der Waals surface area contributed by atoms with Crippen molar-refractivity contribution in [2.75, 3.05) is 6.61 Å². The molecule has 1 unspecified atom stereocenters. The predicted molar refractivity (Wildman–Crippen MR) is 81.2 cm³/mol. The van der Waals surface area contributed by atoms with Crippen molar-refractivity contribution in [3.8, 4) is 0 Å². The van der Waals surface area contributed by atoms with E-state index in [1.807, 2.05) is 30.3 Å². The van der Waals surface area contributed by atoms with E-state index in [-0.39, 0.29) is 24.9 Å². The third-order valence-corrected chi connectivity index (χ3v) is 3.55. The summed E-state index contributed by atoms with van der Waals surface area (Å²) in [7, 11) is 0. The predicted octanol–water partition coefficient (Wildman–Crippen LogP) is 3.07. The second kappa shape index (κ2) is 7.17. The van der Waals surface area contributed by atoms with Gasteiger partial charge in [0.25, 0.3) is 5.69 Å². The lowest BCUT2D eigenvalue weighted by atomic mass is 10.1. The maximum Gasteiger partial charge on any atom is 0.275 e. The van der Waals surface area contributed by atoms with Crippen molar-refractivity contribution in [1.29, 1.82) is 0 Å². The molecule has 0 fully saturated rings. The Bertz CT molecular complexity index is 620. The van der Waals surface area contributed by atoms with Crippen LogP contribution in [0.4, 0.5) is 5.69 Å². The van der Waals surface area contributed by atoms with Crippen molar-refractivity contribution in [2.24, 2.45) is 0 Å². The molecule has 0 saturated heterocycles. The zero-order chi connectivity index (χ0) is 15.2. The van der Waals surface area contributed by atoms with Crippen LogP contribution in [0.25, 0.3) is 0 Å². The van der Waals surface area contributed by atoms with Gasteiger partial charge in [0.05, 0.1) is 28.2 Å². The van der Waals surface area contributed by atoms with E-state index in [0.717, 1.165) is 5.56 Å². The molecule has 0 bridgehead atoms. The summed E-state index contributed by atoms with van der Waals surface area (Å²) < 4.78 is 0. The van der Waals surface area contributed by atoms with Gasteiger partial charge in [0, 0.05) is 12.6 Å². The zero-order valence-electron chi connectivity index (χ0n) is 11.2. The van der Waals surface area contributed by atoms with Gasteiger partial charge >= 0.3 is 0 Å². The first-order valence-corrected chi connectivity index (χ1v) is 6.82. The van der Waals surface area contributed by atoms with E-state index in [4.69, 9.17) is 11.6 Å². The van der Waals surface area contributed by atoms with Crippen LogP contribution in [0, 0.1) is 10.1 Å². The summed E-state index contributed by atoms with van der Waals surface area (Å²) in [5, 5.41) is 23.9. The van der Waals surface area contributed by atoms with Gasteiger partial charge in [-0.3, -0.25) is 10.1 Å². The number of rotatable bonds is 6. The average molecular weight is 307 g/mol. The first kappa shape index (κ1) is 15.4. The van der Waals surface area contributed by atoms with Crippen molar-refractivity contribution in [3.63, 3.8) is 0 Å². The minimum Gasteiger partial charge on any atom is -0.394 e. The molecule has 5 nitrogen and oxygen atoms in total. The summed E-state index contributed by atoms with van der Waals surface area (Å²) in [6, 6.07) is 13.7. The molecule has 1 atom stereocenters. The molecule has 0 aliphatic rings. The fourth-order valence-corrected chi connectivity index (χ4v) is 2.33. The molecule has 0 radical (unpaired) electrons. The number of aliphatic hydroxyl groups is 1. The van der Waals surface area contributed by atoms with Crippen LogP contribution in [0.2, 0.25) is 5.02 Å². The summed E-state index contributed by atoms with van der Waals surface area (Å²) in [5.74, 6) is 0. The molecule has 0 heterocycles. The quantitative estimate of drug-likeness (QED) is 0.635. The number of hydrogen-bond donors (Lipinski definition) is 2. The van der Waals surface area contributed by atoms with Crippen LogP contribution in [0.5, 0.6) is 0 Å². The second-order valence-corrected chi connectivity index (χ2v) is 4.93. The van der Waals surface area contributed by atoms with E-state index >= 15 is 0 Å². The van der Waals surface area contributed by atoms with E-state index in [1.165, 1.54) is 6.07 Å². The molecule has 2 N–H and O–H groups in total.